The molecule has 1 saturated heterocycles. The number of halogens is 3. The van der Waals surface area contributed by atoms with Crippen molar-refractivity contribution in [2.75, 3.05) is 23.9 Å². The van der Waals surface area contributed by atoms with Crippen LogP contribution in [-0.2, 0) is 15.8 Å². The summed E-state index contributed by atoms with van der Waals surface area (Å²) in [6, 6.07) is 11.2. The number of methoxy groups -OCH3 is 1. The maximum atomic E-state index is 12.6. The molecule has 27 heavy (non-hydrogen) atoms. The maximum absolute atomic E-state index is 12.6. The summed E-state index contributed by atoms with van der Waals surface area (Å²) in [5.74, 6) is -0.716. The van der Waals surface area contributed by atoms with Gasteiger partial charge in [0.15, 0.2) is 0 Å². The van der Waals surface area contributed by atoms with Gasteiger partial charge in [-0.3, -0.25) is 9.59 Å². The Morgan fingerprint density at radius 1 is 1.15 bits per heavy atom. The van der Waals surface area contributed by atoms with Gasteiger partial charge in [0.05, 0.1) is 24.3 Å². The van der Waals surface area contributed by atoms with Crippen molar-refractivity contribution in [1.29, 1.82) is 0 Å². The van der Waals surface area contributed by atoms with Crippen LogP contribution in [0.3, 0.4) is 0 Å². The quantitative estimate of drug-likeness (QED) is 0.883. The molecular weight excluding hydrogens is 361 g/mol. The van der Waals surface area contributed by atoms with Crippen LogP contribution in [0.25, 0.3) is 0 Å². The Morgan fingerprint density at radius 3 is 2.44 bits per heavy atom. The Kier molecular flexibility index (Phi) is 5.07. The molecule has 0 unspecified atom stereocenters. The van der Waals surface area contributed by atoms with Gasteiger partial charge in [0.25, 0.3) is 0 Å². The van der Waals surface area contributed by atoms with Crippen molar-refractivity contribution in [1.82, 2.24) is 0 Å². The molecule has 0 saturated carbocycles. The predicted octanol–water partition coefficient (Wildman–Crippen LogP) is 3.71. The molecule has 0 spiro atoms. The highest BCUT2D eigenvalue weighted by molar-refractivity contribution is 6.04. The number of benzene rings is 2. The van der Waals surface area contributed by atoms with Gasteiger partial charge >= 0.3 is 6.18 Å². The van der Waals surface area contributed by atoms with E-state index in [1.807, 2.05) is 0 Å². The number of nitrogens with zero attached hydrogens (tertiary/aromatic N) is 1. The summed E-state index contributed by atoms with van der Waals surface area (Å²) >= 11 is 0. The third-order valence-electron chi connectivity index (χ3n) is 4.35. The second kappa shape index (κ2) is 7.30. The standard InChI is InChI=1S/C19H17F3N2O3/c1-27-16-5-3-2-4-15(16)24-11-12(10-17(24)25)18(26)23-14-8-6-13(7-9-14)19(20,21)22/h2-9,12H,10-11H2,1H3,(H,23,26)/t12-/m0/s1. The van der Waals surface area contributed by atoms with Crippen LogP contribution in [-0.4, -0.2) is 25.5 Å². The molecule has 0 aliphatic carbocycles. The molecule has 8 heteroatoms. The average molecular weight is 378 g/mol. The predicted molar refractivity (Wildman–Crippen MR) is 93.5 cm³/mol. The van der Waals surface area contributed by atoms with Crippen molar-refractivity contribution in [3.63, 3.8) is 0 Å². The first-order chi connectivity index (χ1) is 12.8. The molecule has 1 N–H and O–H groups in total. The number of para-hydroxylation sites is 2. The Morgan fingerprint density at radius 2 is 1.81 bits per heavy atom. The number of anilines is 2. The topological polar surface area (TPSA) is 58.6 Å². The van der Waals surface area contributed by atoms with Crippen molar-refractivity contribution in [2.45, 2.75) is 12.6 Å². The summed E-state index contributed by atoms with van der Waals surface area (Å²) in [5.41, 5.74) is 0.0323. The van der Waals surface area contributed by atoms with Crippen LogP contribution in [0.5, 0.6) is 5.75 Å². The summed E-state index contributed by atoms with van der Waals surface area (Å²) in [6.07, 6.45) is -4.42. The second-order valence-corrected chi connectivity index (χ2v) is 6.14. The van der Waals surface area contributed by atoms with Gasteiger partial charge in [-0.25, -0.2) is 0 Å². The normalized spacial score (nSPS) is 17.1. The van der Waals surface area contributed by atoms with E-state index in [4.69, 9.17) is 4.74 Å². The fraction of sp³-hybridized carbons (Fsp3) is 0.263. The zero-order chi connectivity index (χ0) is 19.6. The van der Waals surface area contributed by atoms with Crippen molar-refractivity contribution >= 4 is 23.2 Å². The van der Waals surface area contributed by atoms with Crippen LogP contribution in [0.15, 0.2) is 48.5 Å². The van der Waals surface area contributed by atoms with Gasteiger partial charge in [0, 0.05) is 18.7 Å². The van der Waals surface area contributed by atoms with Gasteiger partial charge in [-0.05, 0) is 36.4 Å². The second-order valence-electron chi connectivity index (χ2n) is 6.14. The third kappa shape index (κ3) is 4.05. The molecule has 1 heterocycles. The van der Waals surface area contributed by atoms with E-state index in [2.05, 4.69) is 5.32 Å². The smallest absolute Gasteiger partial charge is 0.416 e. The molecular formula is C19H17F3N2O3. The summed E-state index contributed by atoms with van der Waals surface area (Å²) in [6.45, 7) is 0.172. The first-order valence-corrected chi connectivity index (χ1v) is 8.21. The molecule has 5 nitrogen and oxygen atoms in total. The van der Waals surface area contributed by atoms with Gasteiger partial charge < -0.3 is 15.0 Å². The number of ether oxygens (including phenoxy) is 1. The Bertz CT molecular complexity index is 850. The van der Waals surface area contributed by atoms with Crippen molar-refractivity contribution in [3.05, 3.63) is 54.1 Å². The van der Waals surface area contributed by atoms with Crippen LogP contribution in [0.2, 0.25) is 0 Å². The number of alkyl halides is 3. The maximum Gasteiger partial charge on any atom is 0.416 e. The Labute approximate surface area is 153 Å². The lowest BCUT2D eigenvalue weighted by Crippen LogP contribution is -2.28. The number of rotatable bonds is 4. The van der Waals surface area contributed by atoms with E-state index in [0.29, 0.717) is 11.4 Å². The summed E-state index contributed by atoms with van der Waals surface area (Å²) in [4.78, 5) is 26.2. The lowest BCUT2D eigenvalue weighted by atomic mass is 10.1. The van der Waals surface area contributed by atoms with Crippen molar-refractivity contribution in [3.8, 4) is 5.75 Å². The SMILES string of the molecule is COc1ccccc1N1C[C@@H](C(=O)Nc2ccc(C(F)(F)F)cc2)CC1=O. The molecule has 1 aliphatic heterocycles. The van der Waals surface area contributed by atoms with Crippen LogP contribution < -0.4 is 15.0 Å². The molecule has 1 aliphatic rings. The minimum atomic E-state index is -4.43. The molecule has 0 aromatic heterocycles. The number of nitrogens with one attached hydrogen (secondary N) is 1. The van der Waals surface area contributed by atoms with Gasteiger partial charge in [-0.2, -0.15) is 13.2 Å². The molecule has 2 aromatic rings. The minimum absolute atomic E-state index is 0.0184. The number of carbonyl (C=O) groups is 2. The van der Waals surface area contributed by atoms with Crippen LogP contribution >= 0.6 is 0 Å². The van der Waals surface area contributed by atoms with E-state index in [-0.39, 0.29) is 24.6 Å². The number of hydrogen-bond acceptors (Lipinski definition) is 3. The molecule has 1 atom stereocenters. The molecule has 2 aromatic carbocycles. The molecule has 0 bridgehead atoms. The van der Waals surface area contributed by atoms with E-state index in [9.17, 15) is 22.8 Å². The van der Waals surface area contributed by atoms with Gasteiger partial charge in [-0.1, -0.05) is 12.1 Å². The van der Waals surface area contributed by atoms with Gasteiger partial charge in [0.2, 0.25) is 11.8 Å². The van der Waals surface area contributed by atoms with Gasteiger partial charge in [-0.15, -0.1) is 0 Å². The summed E-state index contributed by atoms with van der Waals surface area (Å²) in [5, 5.41) is 2.57. The summed E-state index contributed by atoms with van der Waals surface area (Å²) in [7, 11) is 1.49. The van der Waals surface area contributed by atoms with E-state index in [1.165, 1.54) is 24.1 Å². The van der Waals surface area contributed by atoms with Crippen molar-refractivity contribution < 1.29 is 27.5 Å². The first-order valence-electron chi connectivity index (χ1n) is 8.21. The van der Waals surface area contributed by atoms with E-state index < -0.39 is 23.6 Å². The molecule has 142 valence electrons. The zero-order valence-corrected chi connectivity index (χ0v) is 14.4. The fourth-order valence-corrected chi connectivity index (χ4v) is 2.96. The lowest BCUT2D eigenvalue weighted by molar-refractivity contribution is -0.137. The zero-order valence-electron chi connectivity index (χ0n) is 14.4. The summed E-state index contributed by atoms with van der Waals surface area (Å²) < 4.78 is 43.0. The molecule has 2 amide bonds. The monoisotopic (exact) mass is 378 g/mol. The van der Waals surface area contributed by atoms with Crippen LogP contribution in [0.1, 0.15) is 12.0 Å². The fourth-order valence-electron chi connectivity index (χ4n) is 2.96. The van der Waals surface area contributed by atoms with E-state index >= 15 is 0 Å². The highest BCUT2D eigenvalue weighted by Crippen LogP contribution is 2.33. The largest absolute Gasteiger partial charge is 0.495 e. The highest BCUT2D eigenvalue weighted by Gasteiger charge is 2.36. The average Bonchev–Trinajstić information content (AvgIpc) is 3.03. The number of carbonyl (C=O) groups excluding carboxylic acids is 2. The van der Waals surface area contributed by atoms with E-state index in [0.717, 1.165) is 12.1 Å². The van der Waals surface area contributed by atoms with Crippen LogP contribution in [0, 0.1) is 5.92 Å². The molecule has 1 fully saturated rings. The number of amides is 2. The Hall–Kier alpha value is -3.03. The Balaban J connectivity index is 1.69. The molecule has 0 radical (unpaired) electrons. The highest BCUT2D eigenvalue weighted by atomic mass is 19.4. The first kappa shape index (κ1) is 18.8. The third-order valence-corrected chi connectivity index (χ3v) is 4.35. The van der Waals surface area contributed by atoms with Crippen LogP contribution in [0.4, 0.5) is 24.5 Å². The lowest BCUT2D eigenvalue weighted by Gasteiger charge is -2.19. The number of hydrogen-bond donors (Lipinski definition) is 1. The van der Waals surface area contributed by atoms with Crippen molar-refractivity contribution in [2.24, 2.45) is 5.92 Å². The minimum Gasteiger partial charge on any atom is -0.495 e. The van der Waals surface area contributed by atoms with Gasteiger partial charge in [0.1, 0.15) is 5.75 Å². The molecule has 3 rings (SSSR count). The van der Waals surface area contributed by atoms with E-state index in [1.54, 1.807) is 24.3 Å².